The second kappa shape index (κ2) is 6.70. The van der Waals surface area contributed by atoms with Crippen LogP contribution in [-0.4, -0.2) is 22.4 Å². The summed E-state index contributed by atoms with van der Waals surface area (Å²) in [5.74, 6) is 1.06. The summed E-state index contributed by atoms with van der Waals surface area (Å²) in [6, 6.07) is 3.54. The van der Waals surface area contributed by atoms with Gasteiger partial charge in [-0.1, -0.05) is 6.92 Å². The molecule has 2 aromatic heterocycles. The molecule has 2 aromatic rings. The summed E-state index contributed by atoms with van der Waals surface area (Å²) in [4.78, 5) is 20.1. The predicted octanol–water partition coefficient (Wildman–Crippen LogP) is 1.99. The molecular formula is C14H18N4O2. The SMILES string of the molecule is CCNc1ccnc(C(=O)NCc2ncc(CC)o2)c1. The Balaban J connectivity index is 1.95. The number of carbonyl (C=O) groups excluding carboxylic acids is 1. The maximum Gasteiger partial charge on any atom is 0.270 e. The minimum Gasteiger partial charge on any atom is -0.444 e. The highest BCUT2D eigenvalue weighted by atomic mass is 16.4. The van der Waals surface area contributed by atoms with Gasteiger partial charge in [-0.15, -0.1) is 0 Å². The van der Waals surface area contributed by atoms with E-state index in [1.807, 2.05) is 19.9 Å². The van der Waals surface area contributed by atoms with Gasteiger partial charge in [0.25, 0.3) is 5.91 Å². The van der Waals surface area contributed by atoms with Crippen molar-refractivity contribution in [3.05, 3.63) is 41.9 Å². The molecule has 1 amide bonds. The summed E-state index contributed by atoms with van der Waals surface area (Å²) in [5, 5.41) is 5.87. The Kier molecular flexibility index (Phi) is 4.70. The monoisotopic (exact) mass is 274 g/mol. The quantitative estimate of drug-likeness (QED) is 0.842. The van der Waals surface area contributed by atoms with Crippen LogP contribution < -0.4 is 10.6 Å². The van der Waals surface area contributed by atoms with Gasteiger partial charge in [0.2, 0.25) is 5.89 Å². The Morgan fingerprint density at radius 1 is 1.35 bits per heavy atom. The molecule has 2 rings (SSSR count). The Morgan fingerprint density at radius 2 is 2.20 bits per heavy atom. The molecule has 0 atom stereocenters. The number of aromatic nitrogens is 2. The van der Waals surface area contributed by atoms with Gasteiger partial charge in [0.1, 0.15) is 11.5 Å². The van der Waals surface area contributed by atoms with Crippen LogP contribution >= 0.6 is 0 Å². The van der Waals surface area contributed by atoms with E-state index < -0.39 is 0 Å². The largest absolute Gasteiger partial charge is 0.444 e. The van der Waals surface area contributed by atoms with E-state index in [1.54, 1.807) is 18.5 Å². The minimum absolute atomic E-state index is 0.249. The number of nitrogens with zero attached hydrogens (tertiary/aromatic N) is 2. The molecule has 0 unspecified atom stereocenters. The lowest BCUT2D eigenvalue weighted by Gasteiger charge is -2.05. The number of hydrogen-bond donors (Lipinski definition) is 2. The van der Waals surface area contributed by atoms with Crippen molar-refractivity contribution in [3.63, 3.8) is 0 Å². The summed E-state index contributed by atoms with van der Waals surface area (Å²) in [6.45, 7) is 5.03. The molecule has 6 heteroatoms. The van der Waals surface area contributed by atoms with Crippen molar-refractivity contribution in [1.29, 1.82) is 0 Å². The third kappa shape index (κ3) is 3.57. The highest BCUT2D eigenvalue weighted by Gasteiger charge is 2.09. The molecule has 0 bridgehead atoms. The van der Waals surface area contributed by atoms with Crippen molar-refractivity contribution in [2.45, 2.75) is 26.8 Å². The number of aryl methyl sites for hydroxylation is 1. The second-order valence-electron chi connectivity index (χ2n) is 4.22. The Bertz CT molecular complexity index is 580. The van der Waals surface area contributed by atoms with Gasteiger partial charge in [-0.25, -0.2) is 4.98 Å². The smallest absolute Gasteiger partial charge is 0.270 e. The number of carbonyl (C=O) groups is 1. The van der Waals surface area contributed by atoms with Crippen LogP contribution in [0.15, 0.2) is 28.9 Å². The van der Waals surface area contributed by atoms with Gasteiger partial charge < -0.3 is 15.1 Å². The normalized spacial score (nSPS) is 10.3. The van der Waals surface area contributed by atoms with E-state index in [9.17, 15) is 4.79 Å². The van der Waals surface area contributed by atoms with Crippen LogP contribution in [0.5, 0.6) is 0 Å². The number of rotatable bonds is 6. The maximum absolute atomic E-state index is 12.0. The summed E-state index contributed by atoms with van der Waals surface area (Å²) in [6.07, 6.45) is 4.06. The van der Waals surface area contributed by atoms with Gasteiger partial charge in [0, 0.05) is 24.8 Å². The first-order chi connectivity index (χ1) is 9.72. The van der Waals surface area contributed by atoms with Crippen molar-refractivity contribution in [1.82, 2.24) is 15.3 Å². The summed E-state index contributed by atoms with van der Waals surface area (Å²) in [5.41, 5.74) is 1.24. The Morgan fingerprint density at radius 3 is 2.90 bits per heavy atom. The zero-order valence-electron chi connectivity index (χ0n) is 11.6. The van der Waals surface area contributed by atoms with Crippen LogP contribution in [0.2, 0.25) is 0 Å². The van der Waals surface area contributed by atoms with Gasteiger partial charge in [0.15, 0.2) is 0 Å². The fourth-order valence-corrected chi connectivity index (χ4v) is 1.71. The van der Waals surface area contributed by atoms with Crippen LogP contribution in [-0.2, 0) is 13.0 Å². The van der Waals surface area contributed by atoms with Crippen molar-refractivity contribution >= 4 is 11.6 Å². The Hall–Kier alpha value is -2.37. The maximum atomic E-state index is 12.0. The number of amides is 1. The fourth-order valence-electron chi connectivity index (χ4n) is 1.71. The first-order valence-corrected chi connectivity index (χ1v) is 6.64. The third-order valence-electron chi connectivity index (χ3n) is 2.72. The highest BCUT2D eigenvalue weighted by Crippen LogP contribution is 2.08. The third-order valence-corrected chi connectivity index (χ3v) is 2.72. The average molecular weight is 274 g/mol. The molecule has 0 aliphatic heterocycles. The van der Waals surface area contributed by atoms with Crippen molar-refractivity contribution in [2.75, 3.05) is 11.9 Å². The lowest BCUT2D eigenvalue weighted by atomic mass is 10.3. The van der Waals surface area contributed by atoms with Crippen molar-refractivity contribution < 1.29 is 9.21 Å². The number of nitrogens with one attached hydrogen (secondary N) is 2. The molecule has 106 valence electrons. The molecule has 6 nitrogen and oxygen atoms in total. The summed E-state index contributed by atoms with van der Waals surface area (Å²) >= 11 is 0. The zero-order chi connectivity index (χ0) is 14.4. The fraction of sp³-hybridized carbons (Fsp3) is 0.357. The lowest BCUT2D eigenvalue weighted by molar-refractivity contribution is 0.0942. The first kappa shape index (κ1) is 14.0. The molecule has 0 aliphatic carbocycles. The van der Waals surface area contributed by atoms with Crippen molar-refractivity contribution in [2.24, 2.45) is 0 Å². The summed E-state index contributed by atoms with van der Waals surface area (Å²) in [7, 11) is 0. The topological polar surface area (TPSA) is 80.0 Å². The molecule has 0 saturated carbocycles. The number of oxazole rings is 1. The van der Waals surface area contributed by atoms with E-state index in [2.05, 4.69) is 20.6 Å². The number of pyridine rings is 1. The average Bonchev–Trinajstić information content (AvgIpc) is 2.93. The molecule has 0 fully saturated rings. The number of anilines is 1. The van der Waals surface area contributed by atoms with Crippen LogP contribution in [0, 0.1) is 0 Å². The summed E-state index contributed by atoms with van der Waals surface area (Å²) < 4.78 is 5.42. The van der Waals surface area contributed by atoms with E-state index in [4.69, 9.17) is 4.42 Å². The zero-order valence-corrected chi connectivity index (χ0v) is 11.6. The van der Waals surface area contributed by atoms with Gasteiger partial charge in [-0.2, -0.15) is 0 Å². The van der Waals surface area contributed by atoms with Crippen molar-refractivity contribution in [3.8, 4) is 0 Å². The van der Waals surface area contributed by atoms with Gasteiger partial charge in [-0.3, -0.25) is 9.78 Å². The predicted molar refractivity (Wildman–Crippen MR) is 75.5 cm³/mol. The minimum atomic E-state index is -0.249. The molecule has 0 aliphatic rings. The molecular weight excluding hydrogens is 256 g/mol. The first-order valence-electron chi connectivity index (χ1n) is 6.64. The molecule has 2 heterocycles. The van der Waals surface area contributed by atoms with E-state index in [1.165, 1.54) is 0 Å². The lowest BCUT2D eigenvalue weighted by Crippen LogP contribution is -2.24. The molecule has 0 radical (unpaired) electrons. The molecule has 20 heavy (non-hydrogen) atoms. The van der Waals surface area contributed by atoms with E-state index in [0.29, 0.717) is 11.6 Å². The molecule has 2 N–H and O–H groups in total. The van der Waals surface area contributed by atoms with E-state index >= 15 is 0 Å². The molecule has 0 aromatic carbocycles. The van der Waals surface area contributed by atoms with Crippen LogP contribution in [0.4, 0.5) is 5.69 Å². The van der Waals surface area contributed by atoms with E-state index in [-0.39, 0.29) is 12.5 Å². The van der Waals surface area contributed by atoms with Gasteiger partial charge in [0.05, 0.1) is 12.7 Å². The molecule has 0 spiro atoms. The van der Waals surface area contributed by atoms with Gasteiger partial charge >= 0.3 is 0 Å². The molecule has 0 saturated heterocycles. The van der Waals surface area contributed by atoms with Crippen LogP contribution in [0.3, 0.4) is 0 Å². The highest BCUT2D eigenvalue weighted by molar-refractivity contribution is 5.92. The van der Waals surface area contributed by atoms with Gasteiger partial charge in [-0.05, 0) is 19.1 Å². The number of hydrogen-bond acceptors (Lipinski definition) is 5. The van der Waals surface area contributed by atoms with E-state index in [0.717, 1.165) is 24.4 Å². The standard InChI is InChI=1S/C14H18N4O2/c1-3-11-8-17-13(20-11)9-18-14(19)12-7-10(15-4-2)5-6-16-12/h5-8H,3-4,9H2,1-2H3,(H,15,16)(H,18,19). The van der Waals surface area contributed by atoms with Crippen LogP contribution in [0.1, 0.15) is 36.0 Å². The van der Waals surface area contributed by atoms with Crippen LogP contribution in [0.25, 0.3) is 0 Å². The second-order valence-corrected chi connectivity index (χ2v) is 4.22. The Labute approximate surface area is 117 Å².